The zero-order chi connectivity index (χ0) is 10.0. The van der Waals surface area contributed by atoms with Gasteiger partial charge in [-0.3, -0.25) is 0 Å². The first kappa shape index (κ1) is 10.7. The summed E-state index contributed by atoms with van der Waals surface area (Å²) in [5, 5.41) is 9.86. The molecule has 0 aromatic carbocycles. The Morgan fingerprint density at radius 2 is 2.15 bits per heavy atom. The second-order valence-corrected chi connectivity index (χ2v) is 4.85. The van der Waals surface area contributed by atoms with Crippen LogP contribution in [0.25, 0.3) is 0 Å². The van der Waals surface area contributed by atoms with Crippen molar-refractivity contribution in [3.63, 3.8) is 0 Å². The molecule has 3 N–H and O–H groups in total. The average molecular weight is 199 g/mol. The van der Waals surface area contributed by atoms with E-state index in [0.717, 1.165) is 12.0 Å². The predicted molar refractivity (Wildman–Crippen MR) is 57.0 cm³/mol. The lowest BCUT2D eigenvalue weighted by atomic mass is 10.0. The number of aliphatic hydroxyl groups excluding tert-OH is 1. The Balaban J connectivity index is 2.87. The summed E-state index contributed by atoms with van der Waals surface area (Å²) >= 11 is 1.71. The highest BCUT2D eigenvalue weighted by atomic mass is 32.1. The SMILES string of the molecule is CCC(N)C(O)c1cc(C)sc1C. The van der Waals surface area contributed by atoms with Crippen molar-refractivity contribution in [1.82, 2.24) is 0 Å². The normalized spacial score (nSPS) is 15.8. The van der Waals surface area contributed by atoms with Gasteiger partial charge in [-0.1, -0.05) is 6.92 Å². The van der Waals surface area contributed by atoms with Crippen LogP contribution in [0.2, 0.25) is 0 Å². The smallest absolute Gasteiger partial charge is 0.0951 e. The summed E-state index contributed by atoms with van der Waals surface area (Å²) in [5.74, 6) is 0. The largest absolute Gasteiger partial charge is 0.387 e. The van der Waals surface area contributed by atoms with Crippen molar-refractivity contribution < 1.29 is 5.11 Å². The molecule has 0 bridgehead atoms. The third-order valence-electron chi connectivity index (χ3n) is 2.27. The molecule has 2 atom stereocenters. The quantitative estimate of drug-likeness (QED) is 0.783. The Morgan fingerprint density at radius 1 is 1.54 bits per heavy atom. The molecule has 0 radical (unpaired) electrons. The zero-order valence-electron chi connectivity index (χ0n) is 8.37. The maximum Gasteiger partial charge on any atom is 0.0951 e. The lowest BCUT2D eigenvalue weighted by molar-refractivity contribution is 0.144. The summed E-state index contributed by atoms with van der Waals surface area (Å²) in [6.07, 6.45) is 0.296. The zero-order valence-corrected chi connectivity index (χ0v) is 9.19. The van der Waals surface area contributed by atoms with E-state index in [-0.39, 0.29) is 6.04 Å². The summed E-state index contributed by atoms with van der Waals surface area (Å²) in [7, 11) is 0. The molecule has 0 fully saturated rings. The molecule has 0 spiro atoms. The third-order valence-corrected chi connectivity index (χ3v) is 3.26. The minimum Gasteiger partial charge on any atom is -0.387 e. The third kappa shape index (κ3) is 2.30. The minimum absolute atomic E-state index is 0.146. The molecular formula is C10H17NOS. The molecule has 0 amide bonds. The van der Waals surface area contributed by atoms with E-state index in [4.69, 9.17) is 5.73 Å². The maximum absolute atomic E-state index is 9.86. The fourth-order valence-corrected chi connectivity index (χ4v) is 2.36. The Bertz CT molecular complexity index is 282. The summed E-state index contributed by atoms with van der Waals surface area (Å²) in [6.45, 7) is 6.06. The van der Waals surface area contributed by atoms with Gasteiger partial charge in [0.15, 0.2) is 0 Å². The van der Waals surface area contributed by atoms with Gasteiger partial charge < -0.3 is 10.8 Å². The molecule has 0 aliphatic rings. The minimum atomic E-state index is -0.505. The summed E-state index contributed by atoms with van der Waals surface area (Å²) in [6, 6.07) is 1.88. The van der Waals surface area contributed by atoms with Crippen LogP contribution in [0.1, 0.15) is 34.8 Å². The molecule has 1 aromatic heterocycles. The first-order valence-electron chi connectivity index (χ1n) is 4.56. The van der Waals surface area contributed by atoms with Gasteiger partial charge in [0.1, 0.15) is 0 Å². The van der Waals surface area contributed by atoms with Gasteiger partial charge in [-0.15, -0.1) is 11.3 Å². The number of aliphatic hydroxyl groups is 1. The van der Waals surface area contributed by atoms with E-state index in [1.165, 1.54) is 9.75 Å². The second kappa shape index (κ2) is 4.22. The maximum atomic E-state index is 9.86. The lowest BCUT2D eigenvalue weighted by Gasteiger charge is -2.16. The Hall–Kier alpha value is -0.380. The summed E-state index contributed by atoms with van der Waals surface area (Å²) in [4.78, 5) is 2.41. The molecule has 2 nitrogen and oxygen atoms in total. The average Bonchev–Trinajstić information content (AvgIpc) is 2.42. The molecular weight excluding hydrogens is 182 g/mol. The predicted octanol–water partition coefficient (Wildman–Crippen LogP) is 2.14. The van der Waals surface area contributed by atoms with Gasteiger partial charge in [0.05, 0.1) is 6.10 Å². The summed E-state index contributed by atoms with van der Waals surface area (Å²) in [5.41, 5.74) is 6.78. The molecule has 3 heteroatoms. The highest BCUT2D eigenvalue weighted by Gasteiger charge is 2.18. The molecule has 0 saturated heterocycles. The molecule has 0 aliphatic carbocycles. The molecule has 1 aromatic rings. The van der Waals surface area contributed by atoms with Crippen molar-refractivity contribution in [2.45, 2.75) is 39.3 Å². The van der Waals surface area contributed by atoms with Gasteiger partial charge in [-0.05, 0) is 31.9 Å². The van der Waals surface area contributed by atoms with Crippen molar-refractivity contribution in [2.75, 3.05) is 0 Å². The van der Waals surface area contributed by atoms with Crippen LogP contribution < -0.4 is 5.73 Å². The molecule has 74 valence electrons. The van der Waals surface area contributed by atoms with Gasteiger partial charge in [0, 0.05) is 15.8 Å². The molecule has 1 heterocycles. The molecule has 1 rings (SSSR count). The highest BCUT2D eigenvalue weighted by molar-refractivity contribution is 7.12. The number of hydrogen-bond donors (Lipinski definition) is 2. The van der Waals surface area contributed by atoms with Crippen molar-refractivity contribution in [3.05, 3.63) is 21.4 Å². The van der Waals surface area contributed by atoms with Crippen molar-refractivity contribution in [1.29, 1.82) is 0 Å². The van der Waals surface area contributed by atoms with Crippen molar-refractivity contribution in [3.8, 4) is 0 Å². The summed E-state index contributed by atoms with van der Waals surface area (Å²) < 4.78 is 0. The van der Waals surface area contributed by atoms with E-state index in [2.05, 4.69) is 0 Å². The van der Waals surface area contributed by atoms with E-state index < -0.39 is 6.10 Å². The molecule has 0 aliphatic heterocycles. The van der Waals surface area contributed by atoms with Crippen LogP contribution in [-0.2, 0) is 0 Å². The van der Waals surface area contributed by atoms with Gasteiger partial charge in [0.25, 0.3) is 0 Å². The van der Waals surface area contributed by atoms with E-state index in [0.29, 0.717) is 0 Å². The van der Waals surface area contributed by atoms with Gasteiger partial charge in [-0.25, -0.2) is 0 Å². The Morgan fingerprint density at radius 3 is 2.54 bits per heavy atom. The fraction of sp³-hybridized carbons (Fsp3) is 0.600. The Labute approximate surface area is 83.4 Å². The van der Waals surface area contributed by atoms with Crippen LogP contribution in [0, 0.1) is 13.8 Å². The monoisotopic (exact) mass is 199 g/mol. The number of hydrogen-bond acceptors (Lipinski definition) is 3. The lowest BCUT2D eigenvalue weighted by Crippen LogP contribution is -2.27. The number of rotatable bonds is 3. The van der Waals surface area contributed by atoms with Crippen molar-refractivity contribution in [2.24, 2.45) is 5.73 Å². The van der Waals surface area contributed by atoms with Crippen LogP contribution >= 0.6 is 11.3 Å². The molecule has 2 unspecified atom stereocenters. The Kier molecular flexibility index (Phi) is 3.47. The number of aryl methyl sites for hydroxylation is 2. The molecule has 13 heavy (non-hydrogen) atoms. The van der Waals surface area contributed by atoms with Crippen molar-refractivity contribution >= 4 is 11.3 Å². The van der Waals surface area contributed by atoms with Crippen LogP contribution in [0.15, 0.2) is 6.07 Å². The van der Waals surface area contributed by atoms with Gasteiger partial charge in [-0.2, -0.15) is 0 Å². The molecule has 0 saturated carbocycles. The van der Waals surface area contributed by atoms with Gasteiger partial charge >= 0.3 is 0 Å². The highest BCUT2D eigenvalue weighted by Crippen LogP contribution is 2.28. The standard InChI is InChI=1S/C10H17NOS/c1-4-9(11)10(12)8-5-6(2)13-7(8)3/h5,9-10,12H,4,11H2,1-3H3. The van der Waals surface area contributed by atoms with E-state index in [1.807, 2.05) is 26.8 Å². The van der Waals surface area contributed by atoms with Crippen LogP contribution in [0.5, 0.6) is 0 Å². The van der Waals surface area contributed by atoms with Crippen LogP contribution in [-0.4, -0.2) is 11.1 Å². The first-order chi connectivity index (χ1) is 6.06. The van der Waals surface area contributed by atoms with Crippen LogP contribution in [0.3, 0.4) is 0 Å². The fourth-order valence-electron chi connectivity index (χ4n) is 1.40. The topological polar surface area (TPSA) is 46.2 Å². The van der Waals surface area contributed by atoms with E-state index in [9.17, 15) is 5.11 Å². The van der Waals surface area contributed by atoms with E-state index >= 15 is 0 Å². The van der Waals surface area contributed by atoms with Gasteiger partial charge in [0.2, 0.25) is 0 Å². The number of thiophene rings is 1. The van der Waals surface area contributed by atoms with Crippen LogP contribution in [0.4, 0.5) is 0 Å². The van der Waals surface area contributed by atoms with E-state index in [1.54, 1.807) is 11.3 Å². The number of nitrogens with two attached hydrogens (primary N) is 1. The first-order valence-corrected chi connectivity index (χ1v) is 5.38. The second-order valence-electron chi connectivity index (χ2n) is 3.39.